The molecule has 0 saturated heterocycles. The molecule has 0 spiro atoms. The van der Waals surface area contributed by atoms with E-state index in [1.807, 2.05) is 18.2 Å². The lowest BCUT2D eigenvalue weighted by Crippen LogP contribution is -2.23. The Morgan fingerprint density at radius 1 is 1.09 bits per heavy atom. The maximum atomic E-state index is 13.4. The number of ether oxygens (including phenoxy) is 3. The van der Waals surface area contributed by atoms with Gasteiger partial charge in [-0.2, -0.15) is 5.26 Å². The number of carbonyl (C=O) groups excluding carboxylic acids is 1. The molecule has 0 atom stereocenters. The highest BCUT2D eigenvalue weighted by atomic mass is 79.9. The van der Waals surface area contributed by atoms with Crippen molar-refractivity contribution in [2.24, 2.45) is 0 Å². The van der Waals surface area contributed by atoms with Gasteiger partial charge < -0.3 is 19.5 Å². The van der Waals surface area contributed by atoms with E-state index in [2.05, 4.69) is 21.2 Å². The van der Waals surface area contributed by atoms with Gasteiger partial charge >= 0.3 is 0 Å². The maximum Gasteiger partial charge on any atom is 0.262 e. The summed E-state index contributed by atoms with van der Waals surface area (Å²) in [6.45, 7) is 0.404. The number of amides is 1. The minimum absolute atomic E-state index is 0.0594. The van der Waals surface area contributed by atoms with Crippen molar-refractivity contribution < 1.29 is 23.4 Å². The van der Waals surface area contributed by atoms with E-state index in [-0.39, 0.29) is 24.5 Å². The predicted octanol–water partition coefficient (Wildman–Crippen LogP) is 5.41. The van der Waals surface area contributed by atoms with Gasteiger partial charge in [0.15, 0.2) is 11.5 Å². The fourth-order valence-corrected chi connectivity index (χ4v) is 3.66. The molecule has 6 nitrogen and oxygen atoms in total. The largest absolute Gasteiger partial charge is 0.497 e. The molecule has 0 aliphatic heterocycles. The van der Waals surface area contributed by atoms with E-state index in [1.165, 1.54) is 25.3 Å². The normalized spacial score (nSPS) is 10.9. The number of halogens is 2. The first-order chi connectivity index (χ1) is 16.4. The Balaban J connectivity index is 1.73. The monoisotopic (exact) mass is 524 g/mol. The average molecular weight is 525 g/mol. The zero-order valence-corrected chi connectivity index (χ0v) is 20.2. The van der Waals surface area contributed by atoms with Crippen LogP contribution in [0.5, 0.6) is 17.2 Å². The van der Waals surface area contributed by atoms with Crippen LogP contribution in [0.25, 0.3) is 6.08 Å². The van der Waals surface area contributed by atoms with Crippen molar-refractivity contribution in [1.82, 2.24) is 5.32 Å². The second-order valence-corrected chi connectivity index (χ2v) is 8.01. The summed E-state index contributed by atoms with van der Waals surface area (Å²) in [5.74, 6) is 0.691. The van der Waals surface area contributed by atoms with Gasteiger partial charge in [-0.15, -0.1) is 0 Å². The highest BCUT2D eigenvalue weighted by molar-refractivity contribution is 9.10. The minimum atomic E-state index is -0.500. The third-order valence-corrected chi connectivity index (χ3v) is 5.40. The molecule has 34 heavy (non-hydrogen) atoms. The van der Waals surface area contributed by atoms with E-state index in [0.717, 1.165) is 11.3 Å². The third kappa shape index (κ3) is 6.59. The number of hydrogen-bond donors (Lipinski definition) is 1. The van der Waals surface area contributed by atoms with Gasteiger partial charge in [-0.25, -0.2) is 4.39 Å². The maximum absolute atomic E-state index is 13.4. The predicted molar refractivity (Wildman–Crippen MR) is 130 cm³/mol. The Bertz CT molecular complexity index is 1240. The summed E-state index contributed by atoms with van der Waals surface area (Å²) in [7, 11) is 3.06. The molecule has 3 rings (SSSR count). The summed E-state index contributed by atoms with van der Waals surface area (Å²) < 4.78 is 30.3. The van der Waals surface area contributed by atoms with Crippen LogP contribution in [0, 0.1) is 17.1 Å². The molecule has 0 bridgehead atoms. The van der Waals surface area contributed by atoms with Gasteiger partial charge in [-0.3, -0.25) is 4.79 Å². The van der Waals surface area contributed by atoms with Crippen LogP contribution in [0.1, 0.15) is 16.7 Å². The molecule has 0 saturated carbocycles. The molecule has 0 unspecified atom stereocenters. The zero-order valence-electron chi connectivity index (χ0n) is 18.6. The van der Waals surface area contributed by atoms with Crippen molar-refractivity contribution >= 4 is 27.9 Å². The van der Waals surface area contributed by atoms with Gasteiger partial charge in [-0.05, 0) is 75.1 Å². The van der Waals surface area contributed by atoms with E-state index in [0.29, 0.717) is 27.1 Å². The lowest BCUT2D eigenvalue weighted by molar-refractivity contribution is -0.117. The van der Waals surface area contributed by atoms with Gasteiger partial charge in [0.25, 0.3) is 5.91 Å². The summed E-state index contributed by atoms with van der Waals surface area (Å²) in [6, 6.07) is 18.7. The van der Waals surface area contributed by atoms with Gasteiger partial charge in [-0.1, -0.05) is 24.3 Å². The molecule has 0 fully saturated rings. The number of nitrogens with zero attached hydrogens (tertiary/aromatic N) is 1. The summed E-state index contributed by atoms with van der Waals surface area (Å²) in [5.41, 5.74) is 2.04. The Morgan fingerprint density at radius 2 is 1.85 bits per heavy atom. The molecular weight excluding hydrogens is 503 g/mol. The van der Waals surface area contributed by atoms with E-state index in [4.69, 9.17) is 14.2 Å². The smallest absolute Gasteiger partial charge is 0.262 e. The van der Waals surface area contributed by atoms with Crippen LogP contribution in [-0.2, 0) is 17.9 Å². The van der Waals surface area contributed by atoms with Crippen LogP contribution in [-0.4, -0.2) is 20.1 Å². The lowest BCUT2D eigenvalue weighted by atomic mass is 10.1. The molecule has 1 N–H and O–H groups in total. The summed E-state index contributed by atoms with van der Waals surface area (Å²) in [6.07, 6.45) is 1.47. The van der Waals surface area contributed by atoms with E-state index in [9.17, 15) is 14.4 Å². The molecule has 174 valence electrons. The first kappa shape index (κ1) is 24.8. The first-order valence-electron chi connectivity index (χ1n) is 10.2. The molecule has 0 aliphatic rings. The van der Waals surface area contributed by atoms with Gasteiger partial charge in [0.1, 0.15) is 29.8 Å². The Labute approximate surface area is 205 Å². The average Bonchev–Trinajstić information content (AvgIpc) is 2.85. The molecule has 0 heterocycles. The number of nitriles is 1. The van der Waals surface area contributed by atoms with Gasteiger partial charge in [0.05, 0.1) is 18.7 Å². The van der Waals surface area contributed by atoms with Crippen LogP contribution in [0.3, 0.4) is 0 Å². The van der Waals surface area contributed by atoms with Gasteiger partial charge in [0.2, 0.25) is 0 Å². The fourth-order valence-electron chi connectivity index (χ4n) is 3.08. The molecule has 3 aromatic rings. The summed E-state index contributed by atoms with van der Waals surface area (Å²) in [4.78, 5) is 12.5. The van der Waals surface area contributed by atoms with Crippen LogP contribution < -0.4 is 19.5 Å². The zero-order chi connectivity index (χ0) is 24.5. The van der Waals surface area contributed by atoms with Crippen molar-refractivity contribution in [2.45, 2.75) is 13.2 Å². The minimum Gasteiger partial charge on any atom is -0.497 e. The number of benzene rings is 3. The number of nitrogens with one attached hydrogen (secondary N) is 1. The quantitative estimate of drug-likeness (QED) is 0.299. The second-order valence-electron chi connectivity index (χ2n) is 7.15. The lowest BCUT2D eigenvalue weighted by Gasteiger charge is -2.14. The molecule has 1 amide bonds. The van der Waals surface area contributed by atoms with Crippen molar-refractivity contribution in [2.75, 3.05) is 14.2 Å². The van der Waals surface area contributed by atoms with Crippen molar-refractivity contribution in [1.29, 1.82) is 5.26 Å². The van der Waals surface area contributed by atoms with Crippen LogP contribution in [0.2, 0.25) is 0 Å². The van der Waals surface area contributed by atoms with E-state index >= 15 is 0 Å². The topological polar surface area (TPSA) is 80.6 Å². The second kappa shape index (κ2) is 11.9. The van der Waals surface area contributed by atoms with Crippen molar-refractivity contribution in [3.05, 3.63) is 93.2 Å². The summed E-state index contributed by atoms with van der Waals surface area (Å²) in [5, 5.41) is 12.2. The Kier molecular flexibility index (Phi) is 8.66. The molecule has 0 aliphatic carbocycles. The van der Waals surface area contributed by atoms with E-state index in [1.54, 1.807) is 43.5 Å². The van der Waals surface area contributed by atoms with Crippen LogP contribution in [0.4, 0.5) is 4.39 Å². The highest BCUT2D eigenvalue weighted by Gasteiger charge is 2.14. The van der Waals surface area contributed by atoms with Crippen molar-refractivity contribution in [3.8, 4) is 23.3 Å². The van der Waals surface area contributed by atoms with Gasteiger partial charge in [0, 0.05) is 6.54 Å². The Hall–Kier alpha value is -3.83. The summed E-state index contributed by atoms with van der Waals surface area (Å²) >= 11 is 3.45. The molecule has 3 aromatic carbocycles. The number of carbonyl (C=O) groups is 1. The number of methoxy groups -OCH3 is 2. The molecular formula is C26H22BrFN2O4. The Morgan fingerprint density at radius 3 is 2.50 bits per heavy atom. The number of hydrogen-bond acceptors (Lipinski definition) is 5. The highest BCUT2D eigenvalue weighted by Crippen LogP contribution is 2.37. The first-order valence-corrected chi connectivity index (χ1v) is 11.0. The fraction of sp³-hybridized carbons (Fsp3) is 0.154. The SMILES string of the molecule is COc1ccc(CNC(=O)/C(C#N)=C\c2cc(Br)c(OCc3cccc(F)c3)c(OC)c2)cc1. The number of rotatable bonds is 9. The molecule has 0 radical (unpaired) electrons. The standard InChI is InChI=1S/C26H22BrFN2O4/c1-32-22-8-6-17(7-9-22)15-30-26(31)20(14-29)10-19-12-23(27)25(24(13-19)33-2)34-16-18-4-3-5-21(28)11-18/h3-13H,15-16H2,1-2H3,(H,30,31)/b20-10-. The van der Waals surface area contributed by atoms with Crippen LogP contribution >= 0.6 is 15.9 Å². The molecule has 0 aromatic heterocycles. The van der Waals surface area contributed by atoms with Crippen molar-refractivity contribution in [3.63, 3.8) is 0 Å². The van der Waals surface area contributed by atoms with Crippen LogP contribution in [0.15, 0.2) is 70.7 Å². The molecule has 8 heteroatoms. The third-order valence-electron chi connectivity index (χ3n) is 4.81. The van der Waals surface area contributed by atoms with E-state index < -0.39 is 5.91 Å².